The number of carbonyl (C=O) groups excluding carboxylic acids is 1. The molecule has 1 fully saturated rings. The van der Waals surface area contributed by atoms with Crippen molar-refractivity contribution in [2.24, 2.45) is 5.92 Å². The molecule has 0 N–H and O–H groups in total. The van der Waals surface area contributed by atoms with E-state index >= 15 is 0 Å². The summed E-state index contributed by atoms with van der Waals surface area (Å²) in [7, 11) is 0. The number of hydrogen-bond acceptors (Lipinski definition) is 4. The van der Waals surface area contributed by atoms with Crippen molar-refractivity contribution in [1.29, 1.82) is 0 Å². The number of aromatic nitrogens is 2. The first kappa shape index (κ1) is 17.4. The van der Waals surface area contributed by atoms with Gasteiger partial charge < -0.3 is 9.80 Å². The number of benzene rings is 1. The minimum atomic E-state index is -0.0416. The fourth-order valence-electron chi connectivity index (χ4n) is 3.28. The second-order valence-corrected chi connectivity index (χ2v) is 6.74. The summed E-state index contributed by atoms with van der Waals surface area (Å²) in [6.07, 6.45) is 4.10. The molecule has 132 valence electrons. The third kappa shape index (κ3) is 4.35. The Morgan fingerprint density at radius 2 is 2.08 bits per heavy atom. The second kappa shape index (κ2) is 8.10. The Labute approximate surface area is 149 Å². The fraction of sp³-hybridized carbons (Fsp3) is 0.450. The molecule has 0 saturated carbocycles. The van der Waals surface area contributed by atoms with E-state index in [2.05, 4.69) is 21.8 Å². The molecule has 0 aliphatic carbocycles. The van der Waals surface area contributed by atoms with Gasteiger partial charge in [-0.1, -0.05) is 37.3 Å². The van der Waals surface area contributed by atoms with E-state index in [1.807, 2.05) is 42.2 Å². The lowest BCUT2D eigenvalue weighted by molar-refractivity contribution is 0.0746. The number of rotatable bonds is 5. The highest BCUT2D eigenvalue weighted by molar-refractivity contribution is 5.92. The van der Waals surface area contributed by atoms with Gasteiger partial charge in [-0.3, -0.25) is 4.79 Å². The highest BCUT2D eigenvalue weighted by Gasteiger charge is 2.21. The Hall–Kier alpha value is -2.43. The maximum absolute atomic E-state index is 12.9. The van der Waals surface area contributed by atoms with E-state index in [9.17, 15) is 4.79 Å². The van der Waals surface area contributed by atoms with Gasteiger partial charge in [0.1, 0.15) is 5.69 Å². The number of amides is 1. The molecule has 1 amide bonds. The minimum absolute atomic E-state index is 0.0416. The number of piperidine rings is 1. The molecule has 3 rings (SSSR count). The summed E-state index contributed by atoms with van der Waals surface area (Å²) in [5.74, 6) is 1.27. The van der Waals surface area contributed by atoms with Crippen LogP contribution in [0.15, 0.2) is 42.6 Å². The summed E-state index contributed by atoms with van der Waals surface area (Å²) in [5.41, 5.74) is 1.60. The molecular weight excluding hydrogens is 312 g/mol. The van der Waals surface area contributed by atoms with Gasteiger partial charge in [0.05, 0.1) is 0 Å². The fourth-order valence-corrected chi connectivity index (χ4v) is 3.28. The van der Waals surface area contributed by atoms with Crippen LogP contribution in [0.4, 0.5) is 5.95 Å². The molecule has 1 saturated heterocycles. The van der Waals surface area contributed by atoms with Crippen molar-refractivity contribution in [3.05, 3.63) is 53.9 Å². The van der Waals surface area contributed by atoms with Crippen molar-refractivity contribution in [1.82, 2.24) is 14.9 Å². The van der Waals surface area contributed by atoms with Crippen LogP contribution in [-0.4, -0.2) is 40.4 Å². The molecule has 2 heterocycles. The van der Waals surface area contributed by atoms with E-state index < -0.39 is 0 Å². The second-order valence-electron chi connectivity index (χ2n) is 6.74. The third-order valence-electron chi connectivity index (χ3n) is 4.69. The van der Waals surface area contributed by atoms with Gasteiger partial charge in [0, 0.05) is 32.4 Å². The van der Waals surface area contributed by atoms with E-state index in [4.69, 9.17) is 0 Å². The number of anilines is 1. The third-order valence-corrected chi connectivity index (χ3v) is 4.69. The molecule has 0 radical (unpaired) electrons. The lowest BCUT2D eigenvalue weighted by Crippen LogP contribution is -2.36. The zero-order chi connectivity index (χ0) is 17.6. The van der Waals surface area contributed by atoms with E-state index in [0.29, 0.717) is 30.6 Å². The topological polar surface area (TPSA) is 49.3 Å². The summed E-state index contributed by atoms with van der Waals surface area (Å²) in [6, 6.07) is 11.8. The Bertz CT molecular complexity index is 704. The predicted molar refractivity (Wildman–Crippen MR) is 99.5 cm³/mol. The van der Waals surface area contributed by atoms with Gasteiger partial charge in [-0.05, 0) is 37.3 Å². The summed E-state index contributed by atoms with van der Waals surface area (Å²) < 4.78 is 0. The van der Waals surface area contributed by atoms with Crippen LogP contribution < -0.4 is 4.90 Å². The standard InChI is InChI=1S/C20H26N4O/c1-3-23(15-17-9-5-4-6-10-17)19(25)18-11-12-21-20(22-18)24-13-7-8-16(2)14-24/h4-6,9-12,16H,3,7-8,13-15H2,1-2H3. The van der Waals surface area contributed by atoms with Gasteiger partial charge in [-0.2, -0.15) is 0 Å². The molecule has 25 heavy (non-hydrogen) atoms. The molecular formula is C20H26N4O. The van der Waals surface area contributed by atoms with Crippen LogP contribution in [0, 0.1) is 5.92 Å². The van der Waals surface area contributed by atoms with Gasteiger partial charge in [0.25, 0.3) is 5.91 Å². The molecule has 5 nitrogen and oxygen atoms in total. The van der Waals surface area contributed by atoms with Crippen molar-refractivity contribution in [2.45, 2.75) is 33.2 Å². The van der Waals surface area contributed by atoms with Crippen molar-refractivity contribution in [2.75, 3.05) is 24.5 Å². The first-order valence-corrected chi connectivity index (χ1v) is 9.08. The van der Waals surface area contributed by atoms with Gasteiger partial charge in [0.2, 0.25) is 5.95 Å². The SMILES string of the molecule is CCN(Cc1ccccc1)C(=O)c1ccnc(N2CCCC(C)C2)n1. The minimum Gasteiger partial charge on any atom is -0.341 e. The van der Waals surface area contributed by atoms with Gasteiger partial charge in [-0.15, -0.1) is 0 Å². The molecule has 1 unspecified atom stereocenters. The van der Waals surface area contributed by atoms with Crippen molar-refractivity contribution >= 4 is 11.9 Å². The molecule has 1 aliphatic heterocycles. The van der Waals surface area contributed by atoms with Gasteiger partial charge in [-0.25, -0.2) is 9.97 Å². The van der Waals surface area contributed by atoms with Crippen LogP contribution in [0.1, 0.15) is 42.7 Å². The first-order valence-electron chi connectivity index (χ1n) is 9.08. The molecule has 2 aromatic rings. The quantitative estimate of drug-likeness (QED) is 0.839. The van der Waals surface area contributed by atoms with Gasteiger partial charge >= 0.3 is 0 Å². The lowest BCUT2D eigenvalue weighted by atomic mass is 10.0. The average Bonchev–Trinajstić information content (AvgIpc) is 2.66. The van der Waals surface area contributed by atoms with Crippen molar-refractivity contribution in [3.8, 4) is 0 Å². The van der Waals surface area contributed by atoms with Crippen LogP contribution in [0.5, 0.6) is 0 Å². The summed E-state index contributed by atoms with van der Waals surface area (Å²) >= 11 is 0. The van der Waals surface area contributed by atoms with E-state index in [1.54, 1.807) is 12.3 Å². The van der Waals surface area contributed by atoms with E-state index in [1.165, 1.54) is 6.42 Å². The largest absolute Gasteiger partial charge is 0.341 e. The van der Waals surface area contributed by atoms with Crippen LogP contribution in [0.2, 0.25) is 0 Å². The van der Waals surface area contributed by atoms with Crippen LogP contribution >= 0.6 is 0 Å². The van der Waals surface area contributed by atoms with Crippen LogP contribution in [-0.2, 0) is 6.54 Å². The smallest absolute Gasteiger partial charge is 0.272 e. The Morgan fingerprint density at radius 3 is 2.80 bits per heavy atom. The van der Waals surface area contributed by atoms with E-state index in [0.717, 1.165) is 25.1 Å². The Morgan fingerprint density at radius 1 is 1.28 bits per heavy atom. The molecule has 0 bridgehead atoms. The zero-order valence-corrected chi connectivity index (χ0v) is 15.1. The molecule has 1 aliphatic rings. The number of hydrogen-bond donors (Lipinski definition) is 0. The first-order chi connectivity index (χ1) is 12.2. The van der Waals surface area contributed by atoms with Crippen molar-refractivity contribution < 1.29 is 4.79 Å². The lowest BCUT2D eigenvalue weighted by Gasteiger charge is -2.31. The normalized spacial score (nSPS) is 17.4. The van der Waals surface area contributed by atoms with Crippen molar-refractivity contribution in [3.63, 3.8) is 0 Å². The average molecular weight is 338 g/mol. The predicted octanol–water partition coefficient (Wildman–Crippen LogP) is 3.38. The number of carbonyl (C=O) groups is 1. The number of nitrogens with zero attached hydrogens (tertiary/aromatic N) is 4. The molecule has 5 heteroatoms. The molecule has 0 spiro atoms. The van der Waals surface area contributed by atoms with E-state index in [-0.39, 0.29) is 5.91 Å². The molecule has 1 atom stereocenters. The monoisotopic (exact) mass is 338 g/mol. The summed E-state index contributed by atoms with van der Waals surface area (Å²) in [5, 5.41) is 0. The molecule has 1 aromatic carbocycles. The highest BCUT2D eigenvalue weighted by atomic mass is 16.2. The Balaban J connectivity index is 1.75. The molecule has 1 aromatic heterocycles. The maximum atomic E-state index is 12.9. The maximum Gasteiger partial charge on any atom is 0.272 e. The summed E-state index contributed by atoms with van der Waals surface area (Å²) in [4.78, 5) is 25.9. The highest BCUT2D eigenvalue weighted by Crippen LogP contribution is 2.20. The Kier molecular flexibility index (Phi) is 5.64. The van der Waals surface area contributed by atoms with Gasteiger partial charge in [0.15, 0.2) is 0 Å². The van der Waals surface area contributed by atoms with Crippen LogP contribution in [0.3, 0.4) is 0 Å². The zero-order valence-electron chi connectivity index (χ0n) is 15.1. The summed E-state index contributed by atoms with van der Waals surface area (Å²) in [6.45, 7) is 7.40. The van der Waals surface area contributed by atoms with Crippen LogP contribution in [0.25, 0.3) is 0 Å².